The van der Waals surface area contributed by atoms with Crippen molar-refractivity contribution in [1.29, 1.82) is 0 Å². The van der Waals surface area contributed by atoms with Crippen molar-refractivity contribution in [1.82, 2.24) is 10.3 Å². The molecule has 0 aliphatic carbocycles. The number of aliphatic hydroxyl groups is 1. The molecular weight excluding hydrogens is 400 g/mol. The van der Waals surface area contributed by atoms with Gasteiger partial charge in [-0.3, -0.25) is 4.79 Å². The summed E-state index contributed by atoms with van der Waals surface area (Å²) in [5, 5.41) is 14.1. The first-order valence-corrected chi connectivity index (χ1v) is 11.1. The van der Waals surface area contributed by atoms with Gasteiger partial charge in [0, 0.05) is 29.9 Å². The molecule has 4 rings (SSSR count). The fourth-order valence-electron chi connectivity index (χ4n) is 4.23. The minimum absolute atomic E-state index is 0.0799. The third-order valence-electron chi connectivity index (χ3n) is 6.11. The average molecular weight is 431 g/mol. The Labute approximate surface area is 189 Å². The van der Waals surface area contributed by atoms with E-state index in [2.05, 4.69) is 17.2 Å². The number of ketones is 1. The summed E-state index contributed by atoms with van der Waals surface area (Å²) >= 11 is 0. The summed E-state index contributed by atoms with van der Waals surface area (Å²) in [6.45, 7) is 5.86. The van der Waals surface area contributed by atoms with Crippen LogP contribution in [0.3, 0.4) is 0 Å². The zero-order valence-corrected chi connectivity index (χ0v) is 18.8. The number of pyridine rings is 1. The van der Waals surface area contributed by atoms with Gasteiger partial charge < -0.3 is 15.2 Å². The normalized spacial score (nSPS) is 21.2. The zero-order valence-electron chi connectivity index (χ0n) is 18.8. The Kier molecular flexibility index (Phi) is 6.13. The predicted octanol–water partition coefficient (Wildman–Crippen LogP) is 4.75. The molecule has 5 heteroatoms. The SMILES string of the molecule is C[C@@H]1CC[C@](Oc2ncccc2C(C)(C)O)(C(=O)c2ccccc2-c2ccccc2)CN1. The van der Waals surface area contributed by atoms with Crippen LogP contribution in [-0.4, -0.2) is 34.1 Å². The van der Waals surface area contributed by atoms with Gasteiger partial charge in [-0.2, -0.15) is 0 Å². The van der Waals surface area contributed by atoms with Crippen LogP contribution in [0.4, 0.5) is 0 Å². The van der Waals surface area contributed by atoms with E-state index in [4.69, 9.17) is 4.74 Å². The number of piperidine rings is 1. The third kappa shape index (κ3) is 4.45. The lowest BCUT2D eigenvalue weighted by Gasteiger charge is -2.39. The topological polar surface area (TPSA) is 71.5 Å². The maximum Gasteiger partial charge on any atom is 0.220 e. The van der Waals surface area contributed by atoms with Gasteiger partial charge in [0.2, 0.25) is 11.7 Å². The maximum atomic E-state index is 14.1. The highest BCUT2D eigenvalue weighted by molar-refractivity contribution is 6.08. The van der Waals surface area contributed by atoms with E-state index in [1.807, 2.05) is 54.6 Å². The number of carbonyl (C=O) groups excluding carboxylic acids is 1. The number of benzene rings is 2. The summed E-state index contributed by atoms with van der Waals surface area (Å²) in [5.41, 5.74) is 0.775. The Morgan fingerprint density at radius 3 is 2.50 bits per heavy atom. The molecule has 0 unspecified atom stereocenters. The molecule has 2 N–H and O–H groups in total. The quantitative estimate of drug-likeness (QED) is 0.552. The molecule has 1 aliphatic rings. The highest BCUT2D eigenvalue weighted by Crippen LogP contribution is 2.36. The van der Waals surface area contributed by atoms with E-state index < -0.39 is 11.2 Å². The molecule has 2 aromatic carbocycles. The number of rotatable bonds is 6. The number of nitrogens with zero attached hydrogens (tertiary/aromatic N) is 1. The van der Waals surface area contributed by atoms with Gasteiger partial charge in [0.1, 0.15) is 0 Å². The van der Waals surface area contributed by atoms with Crippen LogP contribution in [0.1, 0.15) is 49.5 Å². The maximum absolute atomic E-state index is 14.1. The van der Waals surface area contributed by atoms with Crippen LogP contribution in [0.5, 0.6) is 5.88 Å². The first kappa shape index (κ1) is 22.2. The first-order chi connectivity index (χ1) is 15.3. The van der Waals surface area contributed by atoms with Crippen molar-refractivity contribution < 1.29 is 14.6 Å². The molecule has 32 heavy (non-hydrogen) atoms. The minimum atomic E-state index is -1.15. The van der Waals surface area contributed by atoms with Gasteiger partial charge in [0.25, 0.3) is 0 Å². The Morgan fingerprint density at radius 2 is 1.81 bits per heavy atom. The van der Waals surface area contributed by atoms with Crippen LogP contribution in [0, 0.1) is 0 Å². The van der Waals surface area contributed by atoms with Crippen LogP contribution < -0.4 is 10.1 Å². The summed E-state index contributed by atoms with van der Waals surface area (Å²) in [6.07, 6.45) is 2.98. The van der Waals surface area contributed by atoms with Crippen LogP contribution >= 0.6 is 0 Å². The molecule has 1 fully saturated rings. The third-order valence-corrected chi connectivity index (χ3v) is 6.11. The van der Waals surface area contributed by atoms with Gasteiger partial charge in [-0.1, -0.05) is 54.6 Å². The van der Waals surface area contributed by atoms with Gasteiger partial charge in [-0.15, -0.1) is 0 Å². The van der Waals surface area contributed by atoms with E-state index >= 15 is 0 Å². The molecular formula is C27H30N2O3. The number of nitrogens with one attached hydrogen (secondary N) is 1. The van der Waals surface area contributed by atoms with Gasteiger partial charge in [0.15, 0.2) is 5.60 Å². The zero-order chi connectivity index (χ0) is 22.8. The number of hydrogen-bond donors (Lipinski definition) is 2. The lowest BCUT2D eigenvalue weighted by molar-refractivity contribution is 0.0198. The van der Waals surface area contributed by atoms with E-state index in [0.717, 1.165) is 17.5 Å². The predicted molar refractivity (Wildman–Crippen MR) is 126 cm³/mol. The molecule has 166 valence electrons. The van der Waals surface area contributed by atoms with Gasteiger partial charge >= 0.3 is 0 Å². The minimum Gasteiger partial charge on any atom is -0.461 e. The van der Waals surface area contributed by atoms with Crippen molar-refractivity contribution in [3.63, 3.8) is 0 Å². The van der Waals surface area contributed by atoms with Crippen molar-refractivity contribution in [2.75, 3.05) is 6.54 Å². The molecule has 2 heterocycles. The van der Waals surface area contributed by atoms with Crippen LogP contribution in [0.15, 0.2) is 72.9 Å². The number of aromatic nitrogens is 1. The molecule has 1 saturated heterocycles. The summed E-state index contributed by atoms with van der Waals surface area (Å²) in [6, 6.07) is 21.4. The van der Waals surface area contributed by atoms with E-state index in [1.165, 1.54) is 0 Å². The van der Waals surface area contributed by atoms with E-state index in [1.54, 1.807) is 32.2 Å². The monoisotopic (exact) mass is 430 g/mol. The highest BCUT2D eigenvalue weighted by atomic mass is 16.5. The summed E-state index contributed by atoms with van der Waals surface area (Å²) in [4.78, 5) is 18.5. The Hall–Kier alpha value is -3.02. The van der Waals surface area contributed by atoms with Crippen molar-refractivity contribution >= 4 is 5.78 Å². The molecule has 1 aliphatic heterocycles. The second-order valence-corrected chi connectivity index (χ2v) is 9.07. The number of hydrogen-bond acceptors (Lipinski definition) is 5. The van der Waals surface area contributed by atoms with Gasteiger partial charge in [-0.05, 0) is 56.9 Å². The van der Waals surface area contributed by atoms with Gasteiger partial charge in [0.05, 0.1) is 5.60 Å². The van der Waals surface area contributed by atoms with Crippen LogP contribution in [-0.2, 0) is 5.60 Å². The summed E-state index contributed by atoms with van der Waals surface area (Å²) in [5.74, 6) is 0.214. The number of carbonyl (C=O) groups is 1. The molecule has 0 bridgehead atoms. The van der Waals surface area contributed by atoms with E-state index in [9.17, 15) is 9.90 Å². The average Bonchev–Trinajstić information content (AvgIpc) is 2.80. The second-order valence-electron chi connectivity index (χ2n) is 9.07. The Balaban J connectivity index is 1.79. The summed E-state index contributed by atoms with van der Waals surface area (Å²) in [7, 11) is 0. The number of Topliss-reactive ketones (excluding diaryl/α,β-unsaturated/α-hetero) is 1. The lowest BCUT2D eigenvalue weighted by Crippen LogP contribution is -2.58. The molecule has 0 spiro atoms. The molecule has 2 atom stereocenters. The largest absolute Gasteiger partial charge is 0.461 e. The molecule has 0 radical (unpaired) electrons. The first-order valence-electron chi connectivity index (χ1n) is 11.1. The number of ether oxygens (including phenoxy) is 1. The standard InChI is InChI=1S/C27H30N2O3/c1-19-15-16-27(18-29-19,32-25-23(26(2,3)31)14-9-17-28-25)24(30)22-13-8-7-12-21(22)20-10-5-4-6-11-20/h4-14,17,19,29,31H,15-16,18H2,1-3H3/t19-,27-/m1/s1. The van der Waals surface area contributed by atoms with E-state index in [-0.39, 0.29) is 5.78 Å². The molecule has 1 aromatic heterocycles. The second kappa shape index (κ2) is 8.85. The Morgan fingerprint density at radius 1 is 1.09 bits per heavy atom. The smallest absolute Gasteiger partial charge is 0.220 e. The van der Waals surface area contributed by atoms with Crippen molar-refractivity contribution in [2.24, 2.45) is 0 Å². The van der Waals surface area contributed by atoms with Crippen molar-refractivity contribution in [3.05, 3.63) is 84.1 Å². The lowest BCUT2D eigenvalue weighted by atomic mass is 9.81. The van der Waals surface area contributed by atoms with E-state index in [0.29, 0.717) is 36.0 Å². The summed E-state index contributed by atoms with van der Waals surface area (Å²) < 4.78 is 6.47. The molecule has 0 saturated carbocycles. The van der Waals surface area contributed by atoms with Crippen LogP contribution in [0.25, 0.3) is 11.1 Å². The molecule has 0 amide bonds. The molecule has 5 nitrogen and oxygen atoms in total. The fourth-order valence-corrected chi connectivity index (χ4v) is 4.23. The molecule has 3 aromatic rings. The highest BCUT2D eigenvalue weighted by Gasteiger charge is 2.45. The van der Waals surface area contributed by atoms with Gasteiger partial charge in [-0.25, -0.2) is 4.98 Å². The Bertz CT molecular complexity index is 1080. The van der Waals surface area contributed by atoms with Crippen LogP contribution in [0.2, 0.25) is 0 Å². The van der Waals surface area contributed by atoms with Crippen molar-refractivity contribution in [3.8, 4) is 17.0 Å². The fraction of sp³-hybridized carbons (Fsp3) is 0.333. The van der Waals surface area contributed by atoms with Crippen molar-refractivity contribution in [2.45, 2.75) is 50.9 Å².